The van der Waals surface area contributed by atoms with Crippen LogP contribution in [-0.4, -0.2) is 35.4 Å². The molecule has 7 nitrogen and oxygen atoms in total. The van der Waals surface area contributed by atoms with E-state index in [2.05, 4.69) is 27.9 Å². The molecular formula is C18H23N5O2. The predicted molar refractivity (Wildman–Crippen MR) is 94.6 cm³/mol. The van der Waals surface area contributed by atoms with Crippen LogP contribution in [0.3, 0.4) is 0 Å². The maximum Gasteiger partial charge on any atom is 0.254 e. The highest BCUT2D eigenvalue weighted by atomic mass is 16.5. The van der Waals surface area contributed by atoms with Crippen molar-refractivity contribution >= 4 is 11.7 Å². The molecule has 2 aromatic rings. The van der Waals surface area contributed by atoms with Crippen LogP contribution in [0.4, 0.5) is 5.82 Å². The molecule has 0 unspecified atom stereocenters. The summed E-state index contributed by atoms with van der Waals surface area (Å²) in [5, 5.41) is 11.3. The van der Waals surface area contributed by atoms with Crippen molar-refractivity contribution in [3.05, 3.63) is 41.6 Å². The van der Waals surface area contributed by atoms with Crippen molar-refractivity contribution in [3.63, 3.8) is 0 Å². The van der Waals surface area contributed by atoms with Crippen molar-refractivity contribution < 1.29 is 9.53 Å². The SMILES string of the molecule is NC(=O)c1cnn2c1NC[C@@H](CN[C@H]1CCCOc3ccccc31)C2. The number of para-hydroxylation sites is 1. The van der Waals surface area contributed by atoms with Crippen LogP contribution in [0, 0.1) is 5.92 Å². The van der Waals surface area contributed by atoms with E-state index >= 15 is 0 Å². The van der Waals surface area contributed by atoms with Gasteiger partial charge in [0.15, 0.2) is 0 Å². The molecule has 4 N–H and O–H groups in total. The number of ether oxygens (including phenoxy) is 1. The Labute approximate surface area is 146 Å². The molecule has 0 fully saturated rings. The number of carbonyl (C=O) groups excluding carboxylic acids is 1. The van der Waals surface area contributed by atoms with Crippen molar-refractivity contribution in [2.24, 2.45) is 11.7 Å². The fourth-order valence-corrected chi connectivity index (χ4v) is 3.62. The number of anilines is 1. The van der Waals surface area contributed by atoms with Gasteiger partial charge >= 0.3 is 0 Å². The van der Waals surface area contributed by atoms with E-state index in [1.54, 1.807) is 6.20 Å². The van der Waals surface area contributed by atoms with E-state index in [1.165, 1.54) is 5.56 Å². The number of nitrogens with one attached hydrogen (secondary N) is 2. The highest BCUT2D eigenvalue weighted by molar-refractivity contribution is 5.97. The van der Waals surface area contributed by atoms with Gasteiger partial charge in [0.05, 0.1) is 12.8 Å². The van der Waals surface area contributed by atoms with Crippen molar-refractivity contribution in [3.8, 4) is 5.75 Å². The van der Waals surface area contributed by atoms with Gasteiger partial charge in [-0.3, -0.25) is 4.79 Å². The lowest BCUT2D eigenvalue weighted by Crippen LogP contribution is -2.37. The first-order chi connectivity index (χ1) is 12.2. The average Bonchev–Trinajstić information content (AvgIpc) is 2.94. The Morgan fingerprint density at radius 2 is 2.32 bits per heavy atom. The van der Waals surface area contributed by atoms with Crippen LogP contribution in [0.1, 0.15) is 34.8 Å². The van der Waals surface area contributed by atoms with Crippen LogP contribution in [0.2, 0.25) is 0 Å². The number of hydrogen-bond donors (Lipinski definition) is 3. The zero-order chi connectivity index (χ0) is 17.2. The number of nitrogens with zero attached hydrogens (tertiary/aromatic N) is 2. The Bertz CT molecular complexity index is 773. The number of hydrogen-bond acceptors (Lipinski definition) is 5. The van der Waals surface area contributed by atoms with E-state index in [0.717, 1.165) is 50.7 Å². The lowest BCUT2D eigenvalue weighted by atomic mass is 10.0. The number of amides is 1. The van der Waals surface area contributed by atoms with Crippen LogP contribution in [0.15, 0.2) is 30.5 Å². The molecule has 1 aromatic carbocycles. The number of rotatable bonds is 4. The third-order valence-corrected chi connectivity index (χ3v) is 4.94. The topological polar surface area (TPSA) is 94.2 Å². The normalized spacial score (nSPS) is 22.1. The minimum absolute atomic E-state index is 0.305. The zero-order valence-corrected chi connectivity index (χ0v) is 14.1. The standard InChI is InChI=1S/C18H23N5O2/c19-17(24)14-10-22-23-11-12(9-21-18(14)23)8-20-15-5-3-7-25-16-6-2-1-4-13(15)16/h1-2,4,6,10,12,15,20-21H,3,5,7-9,11H2,(H2,19,24)/t12-,15+/m1/s1. The first kappa shape index (κ1) is 16.0. The fourth-order valence-electron chi connectivity index (χ4n) is 3.62. The van der Waals surface area contributed by atoms with Crippen molar-refractivity contribution in [2.75, 3.05) is 25.0 Å². The molecule has 0 bridgehead atoms. The Morgan fingerprint density at radius 1 is 1.44 bits per heavy atom. The summed E-state index contributed by atoms with van der Waals surface area (Å²) in [7, 11) is 0. The maximum absolute atomic E-state index is 11.4. The van der Waals surface area contributed by atoms with Gasteiger partial charge in [0.1, 0.15) is 17.1 Å². The highest BCUT2D eigenvalue weighted by Gasteiger charge is 2.25. The third kappa shape index (κ3) is 3.19. The van der Waals surface area contributed by atoms with Crippen LogP contribution in [-0.2, 0) is 6.54 Å². The average molecular weight is 341 g/mol. The van der Waals surface area contributed by atoms with E-state index in [0.29, 0.717) is 17.5 Å². The highest BCUT2D eigenvalue weighted by Crippen LogP contribution is 2.31. The number of nitrogens with two attached hydrogens (primary N) is 1. The largest absolute Gasteiger partial charge is 0.493 e. The van der Waals surface area contributed by atoms with Gasteiger partial charge in [0.25, 0.3) is 5.91 Å². The van der Waals surface area contributed by atoms with Crippen molar-refractivity contribution in [2.45, 2.75) is 25.4 Å². The summed E-state index contributed by atoms with van der Waals surface area (Å²) < 4.78 is 7.67. The number of fused-ring (bicyclic) bond motifs is 2. The molecular weight excluding hydrogens is 318 g/mol. The van der Waals surface area contributed by atoms with Gasteiger partial charge in [-0.1, -0.05) is 18.2 Å². The molecule has 25 heavy (non-hydrogen) atoms. The van der Waals surface area contributed by atoms with E-state index in [-0.39, 0.29) is 0 Å². The quantitative estimate of drug-likeness (QED) is 0.784. The summed E-state index contributed by atoms with van der Waals surface area (Å²) in [4.78, 5) is 11.4. The molecule has 2 atom stereocenters. The molecule has 3 heterocycles. The van der Waals surface area contributed by atoms with Crippen LogP contribution in [0.25, 0.3) is 0 Å². The molecule has 1 aromatic heterocycles. The smallest absolute Gasteiger partial charge is 0.254 e. The van der Waals surface area contributed by atoms with Crippen molar-refractivity contribution in [1.29, 1.82) is 0 Å². The molecule has 0 aliphatic carbocycles. The van der Waals surface area contributed by atoms with Gasteiger partial charge in [0, 0.05) is 37.2 Å². The lowest BCUT2D eigenvalue weighted by Gasteiger charge is -2.28. The number of aromatic nitrogens is 2. The summed E-state index contributed by atoms with van der Waals surface area (Å²) in [6.45, 7) is 3.21. The second-order valence-corrected chi connectivity index (χ2v) is 6.69. The Kier molecular flexibility index (Phi) is 4.31. The molecule has 0 spiro atoms. The second-order valence-electron chi connectivity index (χ2n) is 6.69. The first-order valence-corrected chi connectivity index (χ1v) is 8.77. The van der Waals surface area contributed by atoms with Gasteiger partial charge in [-0.15, -0.1) is 0 Å². The fraction of sp³-hybridized carbons (Fsp3) is 0.444. The Balaban J connectivity index is 1.41. The molecule has 1 amide bonds. The van der Waals surface area contributed by atoms with Gasteiger partial charge in [0.2, 0.25) is 0 Å². The van der Waals surface area contributed by atoms with Gasteiger partial charge < -0.3 is 21.1 Å². The van der Waals surface area contributed by atoms with Crippen LogP contribution < -0.4 is 21.1 Å². The summed E-state index contributed by atoms with van der Waals surface area (Å²) in [5.41, 5.74) is 7.07. The summed E-state index contributed by atoms with van der Waals surface area (Å²) in [5.74, 6) is 1.67. The van der Waals surface area contributed by atoms with E-state index < -0.39 is 5.91 Å². The van der Waals surface area contributed by atoms with Gasteiger partial charge in [-0.25, -0.2) is 4.68 Å². The van der Waals surface area contributed by atoms with Crippen molar-refractivity contribution in [1.82, 2.24) is 15.1 Å². The monoisotopic (exact) mass is 341 g/mol. The van der Waals surface area contributed by atoms with E-state index in [9.17, 15) is 4.79 Å². The number of carbonyl (C=O) groups is 1. The van der Waals surface area contributed by atoms with Gasteiger partial charge in [-0.2, -0.15) is 5.10 Å². The summed E-state index contributed by atoms with van der Waals surface area (Å²) >= 11 is 0. The van der Waals surface area contributed by atoms with E-state index in [4.69, 9.17) is 10.5 Å². The predicted octanol–water partition coefficient (Wildman–Crippen LogP) is 1.53. The Hall–Kier alpha value is -2.54. The van der Waals surface area contributed by atoms with Crippen LogP contribution >= 0.6 is 0 Å². The zero-order valence-electron chi connectivity index (χ0n) is 14.1. The van der Waals surface area contributed by atoms with Gasteiger partial charge in [-0.05, 0) is 18.9 Å². The molecule has 0 saturated heterocycles. The third-order valence-electron chi connectivity index (χ3n) is 4.94. The number of primary amides is 1. The van der Waals surface area contributed by atoms with E-state index in [1.807, 2.05) is 16.8 Å². The second kappa shape index (κ2) is 6.76. The molecule has 132 valence electrons. The first-order valence-electron chi connectivity index (χ1n) is 8.77. The maximum atomic E-state index is 11.4. The molecule has 2 aliphatic rings. The molecule has 2 aliphatic heterocycles. The molecule has 4 rings (SSSR count). The minimum Gasteiger partial charge on any atom is -0.493 e. The summed E-state index contributed by atoms with van der Waals surface area (Å²) in [6, 6.07) is 8.56. The summed E-state index contributed by atoms with van der Waals surface area (Å²) in [6.07, 6.45) is 3.65. The minimum atomic E-state index is -0.444. The number of benzene rings is 1. The molecule has 7 heteroatoms. The molecule has 0 radical (unpaired) electrons. The van der Waals surface area contributed by atoms with Crippen LogP contribution in [0.5, 0.6) is 5.75 Å². The Morgan fingerprint density at radius 3 is 3.20 bits per heavy atom. The lowest BCUT2D eigenvalue weighted by molar-refractivity contribution is 0.100. The molecule has 0 saturated carbocycles.